The molecule has 1 aromatic heterocycles. The molecule has 0 aliphatic heterocycles. The van der Waals surface area contributed by atoms with Gasteiger partial charge in [0.15, 0.2) is 9.84 Å². The van der Waals surface area contributed by atoms with E-state index in [1.807, 2.05) is 0 Å². The molecule has 0 saturated heterocycles. The molecule has 0 fully saturated rings. The van der Waals surface area contributed by atoms with Gasteiger partial charge in [-0.1, -0.05) is 23.2 Å². The van der Waals surface area contributed by atoms with Crippen LogP contribution in [-0.2, 0) is 19.9 Å². The average molecular weight is 460 g/mol. The van der Waals surface area contributed by atoms with Crippen molar-refractivity contribution < 1.29 is 21.3 Å². The number of sulfonamides is 1. The maximum Gasteiger partial charge on any atom is 0.240 e. The van der Waals surface area contributed by atoms with Crippen LogP contribution in [0.4, 0.5) is 0 Å². The lowest BCUT2D eigenvalue weighted by molar-refractivity contribution is 0.486. The summed E-state index contributed by atoms with van der Waals surface area (Å²) in [6, 6.07) is 14.2. The predicted molar refractivity (Wildman–Crippen MR) is 107 cm³/mol. The molecule has 1 heterocycles. The fourth-order valence-corrected chi connectivity index (χ4v) is 5.50. The molecule has 3 rings (SSSR count). The van der Waals surface area contributed by atoms with E-state index >= 15 is 0 Å². The minimum Gasteiger partial charge on any atom is -0.468 e. The van der Waals surface area contributed by atoms with Crippen molar-refractivity contribution in [3.8, 4) is 0 Å². The number of benzene rings is 2. The Morgan fingerprint density at radius 1 is 0.821 bits per heavy atom. The number of hydrogen-bond acceptors (Lipinski definition) is 5. The van der Waals surface area contributed by atoms with Gasteiger partial charge in [0.05, 0.1) is 16.1 Å². The van der Waals surface area contributed by atoms with Crippen LogP contribution < -0.4 is 4.72 Å². The molecular formula is C18H15Cl2NO5S2. The van der Waals surface area contributed by atoms with Gasteiger partial charge in [0.25, 0.3) is 0 Å². The van der Waals surface area contributed by atoms with E-state index in [0.29, 0.717) is 10.0 Å². The zero-order chi connectivity index (χ0) is 20.4. The molecule has 6 nitrogen and oxygen atoms in total. The number of sulfone groups is 1. The minimum absolute atomic E-state index is 0.00370. The molecule has 0 unspecified atom stereocenters. The summed E-state index contributed by atoms with van der Waals surface area (Å²) >= 11 is 11.6. The van der Waals surface area contributed by atoms with Crippen molar-refractivity contribution in [2.75, 3.05) is 6.54 Å². The molecule has 0 spiro atoms. The van der Waals surface area contributed by atoms with Crippen LogP contribution in [-0.4, -0.2) is 23.4 Å². The first-order valence-corrected chi connectivity index (χ1v) is 11.8. The maximum absolute atomic E-state index is 13.1. The third-order valence-corrected chi connectivity index (χ3v) is 7.98. The van der Waals surface area contributed by atoms with Crippen molar-refractivity contribution in [3.63, 3.8) is 0 Å². The number of halogens is 2. The van der Waals surface area contributed by atoms with Crippen molar-refractivity contribution in [3.05, 3.63) is 82.7 Å². The van der Waals surface area contributed by atoms with Crippen LogP contribution >= 0.6 is 23.2 Å². The Balaban J connectivity index is 1.91. The number of nitrogens with one attached hydrogen (secondary N) is 1. The average Bonchev–Trinajstić information content (AvgIpc) is 3.16. The van der Waals surface area contributed by atoms with Gasteiger partial charge in [0.2, 0.25) is 10.0 Å². The second-order valence-electron chi connectivity index (χ2n) is 5.81. The highest BCUT2D eigenvalue weighted by atomic mass is 35.5. The Morgan fingerprint density at radius 2 is 1.36 bits per heavy atom. The summed E-state index contributed by atoms with van der Waals surface area (Å²) in [5.41, 5.74) is 0. The maximum atomic E-state index is 13.1. The lowest BCUT2D eigenvalue weighted by Gasteiger charge is -2.17. The van der Waals surface area contributed by atoms with Gasteiger partial charge in [-0.2, -0.15) is 0 Å². The second-order valence-corrected chi connectivity index (χ2v) is 10.6. The Morgan fingerprint density at radius 3 is 1.86 bits per heavy atom. The van der Waals surface area contributed by atoms with Crippen molar-refractivity contribution in [1.29, 1.82) is 0 Å². The molecule has 2 aromatic carbocycles. The molecule has 0 saturated carbocycles. The van der Waals surface area contributed by atoms with E-state index in [1.54, 1.807) is 0 Å². The summed E-state index contributed by atoms with van der Waals surface area (Å²) in [4.78, 5) is -0.0250. The van der Waals surface area contributed by atoms with Gasteiger partial charge in [-0.15, -0.1) is 0 Å². The summed E-state index contributed by atoms with van der Waals surface area (Å²) in [7, 11) is -7.90. The number of hydrogen-bond donors (Lipinski definition) is 1. The highest BCUT2D eigenvalue weighted by Crippen LogP contribution is 2.30. The van der Waals surface area contributed by atoms with Gasteiger partial charge < -0.3 is 4.42 Å². The smallest absolute Gasteiger partial charge is 0.240 e. The fraction of sp³-hybridized carbons (Fsp3) is 0.111. The predicted octanol–water partition coefficient (Wildman–Crippen LogP) is 4.08. The molecule has 0 aliphatic carbocycles. The van der Waals surface area contributed by atoms with E-state index in [-0.39, 0.29) is 15.6 Å². The van der Waals surface area contributed by atoms with Gasteiger partial charge in [-0.3, -0.25) is 0 Å². The van der Waals surface area contributed by atoms with E-state index in [2.05, 4.69) is 4.72 Å². The van der Waals surface area contributed by atoms with Gasteiger partial charge in [0, 0.05) is 16.6 Å². The molecule has 0 aliphatic rings. The zero-order valence-electron chi connectivity index (χ0n) is 14.2. The van der Waals surface area contributed by atoms with Crippen LogP contribution in [0.1, 0.15) is 11.0 Å². The summed E-state index contributed by atoms with van der Waals surface area (Å²) in [5.74, 6) is 0.119. The molecule has 3 aromatic rings. The Bertz CT molecular complexity index is 1140. The minimum atomic E-state index is -3.95. The molecule has 1 N–H and O–H groups in total. The van der Waals surface area contributed by atoms with Gasteiger partial charge in [-0.05, 0) is 60.7 Å². The van der Waals surface area contributed by atoms with Gasteiger partial charge >= 0.3 is 0 Å². The fourth-order valence-electron chi connectivity index (χ4n) is 2.51. The Hall–Kier alpha value is -1.84. The Labute approximate surface area is 173 Å². The second kappa shape index (κ2) is 8.26. The van der Waals surface area contributed by atoms with Crippen molar-refractivity contribution in [2.24, 2.45) is 0 Å². The number of furan rings is 1. The van der Waals surface area contributed by atoms with Crippen LogP contribution in [0.25, 0.3) is 0 Å². The molecule has 148 valence electrons. The van der Waals surface area contributed by atoms with Crippen LogP contribution in [0.3, 0.4) is 0 Å². The lowest BCUT2D eigenvalue weighted by atomic mass is 10.3. The summed E-state index contributed by atoms with van der Waals surface area (Å²) in [5, 5.41) is -0.486. The first-order chi connectivity index (χ1) is 13.2. The van der Waals surface area contributed by atoms with E-state index < -0.39 is 31.7 Å². The normalized spacial score (nSPS) is 13.4. The van der Waals surface area contributed by atoms with Gasteiger partial charge in [0.1, 0.15) is 11.0 Å². The van der Waals surface area contributed by atoms with Crippen LogP contribution in [0, 0.1) is 0 Å². The van der Waals surface area contributed by atoms with Gasteiger partial charge in [-0.25, -0.2) is 21.6 Å². The van der Waals surface area contributed by atoms with Crippen molar-refractivity contribution in [1.82, 2.24) is 4.72 Å². The first-order valence-electron chi connectivity index (χ1n) is 7.98. The molecule has 28 heavy (non-hydrogen) atoms. The van der Waals surface area contributed by atoms with Crippen LogP contribution in [0.15, 0.2) is 81.1 Å². The van der Waals surface area contributed by atoms with E-state index in [4.69, 9.17) is 27.6 Å². The monoisotopic (exact) mass is 459 g/mol. The van der Waals surface area contributed by atoms with Crippen LogP contribution in [0.2, 0.25) is 10.0 Å². The molecule has 0 bridgehead atoms. The third-order valence-electron chi connectivity index (χ3n) is 3.96. The van der Waals surface area contributed by atoms with E-state index in [0.717, 1.165) is 0 Å². The summed E-state index contributed by atoms with van der Waals surface area (Å²) < 4.78 is 58.8. The molecule has 1 atom stereocenters. The SMILES string of the molecule is O=S(=O)(NC[C@H](c1ccco1)S(=O)(=O)c1ccc(Cl)cc1)c1ccc(Cl)cc1. The largest absolute Gasteiger partial charge is 0.468 e. The van der Waals surface area contributed by atoms with Crippen LogP contribution in [0.5, 0.6) is 0 Å². The highest BCUT2D eigenvalue weighted by Gasteiger charge is 2.32. The topological polar surface area (TPSA) is 93.4 Å². The quantitative estimate of drug-likeness (QED) is 0.574. The first kappa shape index (κ1) is 20.9. The summed E-state index contributed by atoms with van der Waals surface area (Å²) in [6.07, 6.45) is 1.33. The molecule has 0 radical (unpaired) electrons. The van der Waals surface area contributed by atoms with Crippen molar-refractivity contribution >= 4 is 43.1 Å². The van der Waals surface area contributed by atoms with Crippen molar-refractivity contribution in [2.45, 2.75) is 15.0 Å². The number of rotatable bonds is 7. The molecular weight excluding hydrogens is 445 g/mol. The standard InChI is InChI=1S/C18H15Cl2NO5S2/c19-13-3-7-15(8-4-13)27(22,23)18(17-2-1-11-26-17)12-21-28(24,25)16-9-5-14(20)6-10-16/h1-11,18,21H,12H2/t18-/m1/s1. The lowest BCUT2D eigenvalue weighted by Crippen LogP contribution is -2.31. The third kappa shape index (κ3) is 4.59. The Kier molecular flexibility index (Phi) is 6.16. The van der Waals surface area contributed by atoms with E-state index in [9.17, 15) is 16.8 Å². The molecule has 0 amide bonds. The highest BCUT2D eigenvalue weighted by molar-refractivity contribution is 7.92. The zero-order valence-corrected chi connectivity index (χ0v) is 17.4. The summed E-state index contributed by atoms with van der Waals surface area (Å²) in [6.45, 7) is -0.413. The van der Waals surface area contributed by atoms with E-state index in [1.165, 1.54) is 66.9 Å². The molecule has 10 heteroatoms.